The van der Waals surface area contributed by atoms with Gasteiger partial charge in [0.1, 0.15) is 0 Å². The second kappa shape index (κ2) is 5.49. The fourth-order valence-corrected chi connectivity index (χ4v) is 6.03. The van der Waals surface area contributed by atoms with Crippen molar-refractivity contribution in [2.45, 2.75) is 25.7 Å². The highest BCUT2D eigenvalue weighted by Gasteiger charge is 2.38. The van der Waals surface area contributed by atoms with Gasteiger partial charge in [0.25, 0.3) is 0 Å². The first-order chi connectivity index (χ1) is 10.8. The van der Waals surface area contributed by atoms with Crippen molar-refractivity contribution < 1.29 is 0 Å². The van der Waals surface area contributed by atoms with Gasteiger partial charge in [0, 0.05) is 39.3 Å². The minimum atomic E-state index is 0.920. The average molecular weight is 298 g/mol. The molecule has 1 heterocycles. The van der Waals surface area contributed by atoms with E-state index in [4.69, 9.17) is 0 Å². The van der Waals surface area contributed by atoms with Gasteiger partial charge in [-0.25, -0.2) is 0 Å². The molecule has 2 nitrogen and oxygen atoms in total. The van der Waals surface area contributed by atoms with Crippen molar-refractivity contribution in [2.75, 3.05) is 39.3 Å². The Morgan fingerprint density at radius 3 is 1.36 bits per heavy atom. The van der Waals surface area contributed by atoms with Crippen LogP contribution >= 0.6 is 0 Å². The van der Waals surface area contributed by atoms with Crippen LogP contribution in [0.3, 0.4) is 0 Å². The summed E-state index contributed by atoms with van der Waals surface area (Å²) in [6, 6.07) is 0. The summed E-state index contributed by atoms with van der Waals surface area (Å²) in [6.45, 7) is 8.00. The first-order valence-electron chi connectivity index (χ1n) is 9.65. The minimum Gasteiger partial charge on any atom is -0.300 e. The Bertz CT molecular complexity index is 430. The maximum atomic E-state index is 2.76. The standard InChI is InChI=1S/C20H30N2/c1-3-17-9-15(1)11-19(17)13-21-5-7-22(8-6-21)14-20-12-16-2-4-18(20)10-16/h1-4,15-20H,5-14H2/t15-,16+,17-,18-,19-,20+/m0/s1. The molecule has 6 atom stereocenters. The fraction of sp³-hybridized carbons (Fsp3) is 0.800. The molecule has 0 aromatic rings. The van der Waals surface area contributed by atoms with E-state index < -0.39 is 0 Å². The summed E-state index contributed by atoms with van der Waals surface area (Å²) < 4.78 is 0. The smallest absolute Gasteiger partial charge is 0.0110 e. The summed E-state index contributed by atoms with van der Waals surface area (Å²) in [6.07, 6.45) is 15.8. The summed E-state index contributed by atoms with van der Waals surface area (Å²) >= 11 is 0. The van der Waals surface area contributed by atoms with Gasteiger partial charge in [-0.15, -0.1) is 0 Å². The van der Waals surface area contributed by atoms with Crippen LogP contribution in [-0.4, -0.2) is 49.1 Å². The van der Waals surface area contributed by atoms with Gasteiger partial charge < -0.3 is 9.80 Å². The maximum absolute atomic E-state index is 2.76. The zero-order chi connectivity index (χ0) is 14.5. The molecule has 2 saturated carbocycles. The minimum absolute atomic E-state index is 0.920. The normalized spacial score (nSPS) is 47.1. The lowest BCUT2D eigenvalue weighted by Gasteiger charge is -2.38. The molecule has 0 N–H and O–H groups in total. The molecule has 0 radical (unpaired) electrons. The number of hydrogen-bond acceptors (Lipinski definition) is 2. The van der Waals surface area contributed by atoms with Gasteiger partial charge in [-0.3, -0.25) is 0 Å². The molecule has 1 aliphatic heterocycles. The highest BCUT2D eigenvalue weighted by Crippen LogP contribution is 2.44. The van der Waals surface area contributed by atoms with Crippen molar-refractivity contribution in [1.82, 2.24) is 9.80 Å². The van der Waals surface area contributed by atoms with Crippen molar-refractivity contribution in [3.63, 3.8) is 0 Å². The maximum Gasteiger partial charge on any atom is 0.0110 e. The molecule has 4 bridgehead atoms. The molecule has 2 heteroatoms. The topological polar surface area (TPSA) is 6.48 Å². The SMILES string of the molecule is C1=C[C@H]2C[C@H]1C[C@H]2CN1CCN(C[C@H]2C[C@@H]3C=C[C@H]2C3)CC1. The molecule has 0 unspecified atom stereocenters. The average Bonchev–Trinajstić information content (AvgIpc) is 3.29. The van der Waals surface area contributed by atoms with Crippen molar-refractivity contribution >= 4 is 0 Å². The summed E-state index contributed by atoms with van der Waals surface area (Å²) in [5.74, 6) is 5.64. The van der Waals surface area contributed by atoms with E-state index in [0.29, 0.717) is 0 Å². The van der Waals surface area contributed by atoms with E-state index >= 15 is 0 Å². The molecule has 1 saturated heterocycles. The third kappa shape index (κ3) is 2.49. The Morgan fingerprint density at radius 2 is 1.05 bits per heavy atom. The Morgan fingerprint density at radius 1 is 0.591 bits per heavy atom. The zero-order valence-corrected chi connectivity index (χ0v) is 13.7. The van der Waals surface area contributed by atoms with Crippen LogP contribution in [0.15, 0.2) is 24.3 Å². The van der Waals surface area contributed by atoms with Crippen LogP contribution in [0.4, 0.5) is 0 Å². The molecule has 5 rings (SSSR count). The van der Waals surface area contributed by atoms with E-state index in [2.05, 4.69) is 34.1 Å². The summed E-state index contributed by atoms with van der Waals surface area (Å²) in [5.41, 5.74) is 0. The van der Waals surface area contributed by atoms with Crippen LogP contribution in [0.25, 0.3) is 0 Å². The van der Waals surface area contributed by atoms with Gasteiger partial charge in [-0.1, -0.05) is 24.3 Å². The number of allylic oxidation sites excluding steroid dienone is 4. The number of rotatable bonds is 4. The van der Waals surface area contributed by atoms with E-state index in [1.54, 1.807) is 0 Å². The van der Waals surface area contributed by atoms with Crippen molar-refractivity contribution in [2.24, 2.45) is 35.5 Å². The van der Waals surface area contributed by atoms with Crippen LogP contribution in [-0.2, 0) is 0 Å². The Kier molecular flexibility index (Phi) is 3.44. The molecule has 22 heavy (non-hydrogen) atoms. The lowest BCUT2D eigenvalue weighted by molar-refractivity contribution is 0.0976. The van der Waals surface area contributed by atoms with E-state index in [0.717, 1.165) is 35.5 Å². The molecule has 0 spiro atoms. The van der Waals surface area contributed by atoms with Crippen molar-refractivity contribution in [3.8, 4) is 0 Å². The molecule has 0 amide bonds. The van der Waals surface area contributed by atoms with Gasteiger partial charge in [0.15, 0.2) is 0 Å². The van der Waals surface area contributed by atoms with E-state index in [-0.39, 0.29) is 0 Å². The lowest BCUT2D eigenvalue weighted by Crippen LogP contribution is -2.49. The fourth-order valence-electron chi connectivity index (χ4n) is 6.03. The highest BCUT2D eigenvalue weighted by molar-refractivity contribution is 5.11. The van der Waals surface area contributed by atoms with Gasteiger partial charge in [0.05, 0.1) is 0 Å². The predicted molar refractivity (Wildman–Crippen MR) is 90.6 cm³/mol. The van der Waals surface area contributed by atoms with Crippen molar-refractivity contribution in [1.29, 1.82) is 0 Å². The van der Waals surface area contributed by atoms with Gasteiger partial charge in [0.2, 0.25) is 0 Å². The molecular formula is C20H30N2. The van der Waals surface area contributed by atoms with E-state index in [9.17, 15) is 0 Å². The Balaban J connectivity index is 1.09. The summed E-state index contributed by atoms with van der Waals surface area (Å²) in [5, 5.41) is 0. The summed E-state index contributed by atoms with van der Waals surface area (Å²) in [7, 11) is 0. The van der Waals surface area contributed by atoms with Gasteiger partial charge in [-0.2, -0.15) is 0 Å². The second-order valence-corrected chi connectivity index (χ2v) is 8.68. The van der Waals surface area contributed by atoms with Crippen LogP contribution in [0.5, 0.6) is 0 Å². The lowest BCUT2D eigenvalue weighted by atomic mass is 9.92. The first kappa shape index (κ1) is 13.8. The van der Waals surface area contributed by atoms with Crippen LogP contribution < -0.4 is 0 Å². The largest absolute Gasteiger partial charge is 0.300 e. The van der Waals surface area contributed by atoms with E-state index in [1.165, 1.54) is 65.0 Å². The number of nitrogens with zero attached hydrogens (tertiary/aromatic N) is 2. The first-order valence-corrected chi connectivity index (χ1v) is 9.65. The zero-order valence-electron chi connectivity index (χ0n) is 13.7. The van der Waals surface area contributed by atoms with Crippen LogP contribution in [0.1, 0.15) is 25.7 Å². The number of fused-ring (bicyclic) bond motifs is 4. The summed E-state index contributed by atoms with van der Waals surface area (Å²) in [4.78, 5) is 5.52. The molecule has 3 fully saturated rings. The molecular weight excluding hydrogens is 268 g/mol. The molecule has 120 valence electrons. The predicted octanol–water partition coefficient (Wildman–Crippen LogP) is 3.03. The Labute approximate surface area is 135 Å². The monoisotopic (exact) mass is 298 g/mol. The quantitative estimate of drug-likeness (QED) is 0.736. The third-order valence-corrected chi connectivity index (χ3v) is 7.28. The van der Waals surface area contributed by atoms with Crippen molar-refractivity contribution in [3.05, 3.63) is 24.3 Å². The number of hydrogen-bond donors (Lipinski definition) is 0. The third-order valence-electron chi connectivity index (χ3n) is 7.28. The molecule has 4 aliphatic carbocycles. The molecule has 0 aromatic carbocycles. The van der Waals surface area contributed by atoms with E-state index in [1.807, 2.05) is 0 Å². The van der Waals surface area contributed by atoms with Gasteiger partial charge in [-0.05, 0) is 61.2 Å². The van der Waals surface area contributed by atoms with Crippen LogP contribution in [0.2, 0.25) is 0 Å². The Hall–Kier alpha value is -0.600. The number of piperazine rings is 1. The second-order valence-electron chi connectivity index (χ2n) is 8.68. The van der Waals surface area contributed by atoms with Gasteiger partial charge >= 0.3 is 0 Å². The van der Waals surface area contributed by atoms with Crippen LogP contribution in [0, 0.1) is 35.5 Å². The molecule has 0 aromatic heterocycles. The molecule has 5 aliphatic rings. The highest BCUT2D eigenvalue weighted by atomic mass is 15.3.